The molecule has 0 amide bonds. The van der Waals surface area contributed by atoms with Gasteiger partial charge in [-0.25, -0.2) is 8.42 Å². The van der Waals surface area contributed by atoms with Crippen molar-refractivity contribution in [3.05, 3.63) is 29.8 Å². The number of sulfonamides is 1. The van der Waals surface area contributed by atoms with Gasteiger partial charge >= 0.3 is 0 Å². The van der Waals surface area contributed by atoms with Crippen molar-refractivity contribution in [1.82, 2.24) is 4.31 Å². The monoisotopic (exact) mass is 282 g/mol. The summed E-state index contributed by atoms with van der Waals surface area (Å²) in [7, 11) is -3.16. The first kappa shape index (κ1) is 14.3. The van der Waals surface area contributed by atoms with Crippen LogP contribution in [0.4, 0.5) is 5.69 Å². The van der Waals surface area contributed by atoms with Crippen molar-refractivity contribution in [3.63, 3.8) is 0 Å². The van der Waals surface area contributed by atoms with Crippen molar-refractivity contribution in [1.29, 1.82) is 0 Å². The molecule has 0 aliphatic heterocycles. The third-order valence-corrected chi connectivity index (χ3v) is 5.40. The van der Waals surface area contributed by atoms with Crippen LogP contribution in [0.15, 0.2) is 24.3 Å². The van der Waals surface area contributed by atoms with E-state index in [4.69, 9.17) is 5.73 Å². The Morgan fingerprint density at radius 1 is 1.32 bits per heavy atom. The van der Waals surface area contributed by atoms with Gasteiger partial charge in [0.2, 0.25) is 10.0 Å². The lowest BCUT2D eigenvalue weighted by Gasteiger charge is -2.22. The lowest BCUT2D eigenvalue weighted by atomic mass is 10.2. The molecule has 0 aromatic heterocycles. The van der Waals surface area contributed by atoms with Crippen LogP contribution in [0.5, 0.6) is 0 Å². The van der Waals surface area contributed by atoms with E-state index < -0.39 is 10.0 Å². The molecule has 1 aromatic rings. The van der Waals surface area contributed by atoms with Gasteiger partial charge in [0.1, 0.15) is 0 Å². The van der Waals surface area contributed by atoms with Gasteiger partial charge in [-0.3, -0.25) is 0 Å². The van der Waals surface area contributed by atoms with Gasteiger partial charge in [-0.05, 0) is 36.8 Å². The highest BCUT2D eigenvalue weighted by atomic mass is 32.2. The minimum absolute atomic E-state index is 0.291. The average molecular weight is 282 g/mol. The summed E-state index contributed by atoms with van der Waals surface area (Å²) in [5.74, 6) is 0.664. The molecule has 1 fully saturated rings. The number of rotatable bonds is 7. The van der Waals surface area contributed by atoms with Gasteiger partial charge in [0.05, 0.1) is 5.75 Å². The van der Waals surface area contributed by atoms with Crippen molar-refractivity contribution in [2.45, 2.75) is 32.7 Å². The Kier molecular flexibility index (Phi) is 4.47. The second-order valence-electron chi connectivity index (χ2n) is 5.25. The molecule has 106 valence electrons. The minimum atomic E-state index is -3.16. The Hall–Kier alpha value is -1.07. The Labute approximate surface area is 115 Å². The second-order valence-corrected chi connectivity index (χ2v) is 7.27. The van der Waals surface area contributed by atoms with Crippen molar-refractivity contribution in [3.8, 4) is 0 Å². The Morgan fingerprint density at radius 3 is 2.58 bits per heavy atom. The predicted octanol–water partition coefficient (Wildman–Crippen LogP) is 2.22. The molecule has 2 rings (SSSR count). The quantitative estimate of drug-likeness (QED) is 0.780. The van der Waals surface area contributed by atoms with Crippen LogP contribution in [-0.4, -0.2) is 25.0 Å². The van der Waals surface area contributed by atoms with Crippen molar-refractivity contribution in [2.75, 3.05) is 18.0 Å². The minimum Gasteiger partial charge on any atom is -0.398 e. The van der Waals surface area contributed by atoms with E-state index in [0.717, 1.165) is 24.8 Å². The molecule has 19 heavy (non-hydrogen) atoms. The maximum Gasteiger partial charge on any atom is 0.214 e. The fourth-order valence-corrected chi connectivity index (χ4v) is 4.06. The summed E-state index contributed by atoms with van der Waals surface area (Å²) in [5, 5.41) is 0. The predicted molar refractivity (Wildman–Crippen MR) is 78.1 cm³/mol. The Balaban J connectivity index is 2.13. The fourth-order valence-electron chi connectivity index (χ4n) is 2.12. The van der Waals surface area contributed by atoms with Crippen LogP contribution < -0.4 is 5.73 Å². The number of para-hydroxylation sites is 1. The molecule has 0 saturated heterocycles. The lowest BCUT2D eigenvalue weighted by Crippen LogP contribution is -2.34. The molecule has 4 nitrogen and oxygen atoms in total. The Morgan fingerprint density at radius 2 is 2.00 bits per heavy atom. The molecule has 0 heterocycles. The first-order valence-corrected chi connectivity index (χ1v) is 8.45. The fraction of sp³-hybridized carbons (Fsp3) is 0.571. The molecule has 1 saturated carbocycles. The number of benzene rings is 1. The molecule has 0 spiro atoms. The summed E-state index contributed by atoms with van der Waals surface area (Å²) in [4.78, 5) is 0. The van der Waals surface area contributed by atoms with Crippen molar-refractivity contribution >= 4 is 15.7 Å². The number of nitrogens with zero attached hydrogens (tertiary/aromatic N) is 1. The van der Waals surface area contributed by atoms with Crippen molar-refractivity contribution in [2.24, 2.45) is 5.92 Å². The van der Waals surface area contributed by atoms with E-state index in [1.54, 1.807) is 4.31 Å². The zero-order chi connectivity index (χ0) is 13.9. The molecule has 5 heteroatoms. The molecular weight excluding hydrogens is 260 g/mol. The highest BCUT2D eigenvalue weighted by Crippen LogP contribution is 2.31. The van der Waals surface area contributed by atoms with E-state index in [0.29, 0.717) is 30.4 Å². The van der Waals surface area contributed by atoms with Crippen LogP contribution in [0, 0.1) is 5.92 Å². The van der Waals surface area contributed by atoms with Gasteiger partial charge in [-0.1, -0.05) is 25.1 Å². The van der Waals surface area contributed by atoms with Gasteiger partial charge < -0.3 is 5.73 Å². The summed E-state index contributed by atoms with van der Waals surface area (Å²) in [6, 6.07) is 7.46. The molecule has 0 bridgehead atoms. The highest BCUT2D eigenvalue weighted by molar-refractivity contribution is 7.89. The summed E-state index contributed by atoms with van der Waals surface area (Å²) in [5.41, 5.74) is 7.44. The molecule has 1 aromatic carbocycles. The first-order valence-electron chi connectivity index (χ1n) is 6.84. The number of hydrogen-bond donors (Lipinski definition) is 1. The van der Waals surface area contributed by atoms with E-state index in [2.05, 4.69) is 0 Å². The van der Waals surface area contributed by atoms with Crippen LogP contribution in [0.3, 0.4) is 0 Å². The topological polar surface area (TPSA) is 63.4 Å². The smallest absolute Gasteiger partial charge is 0.214 e. The highest BCUT2D eigenvalue weighted by Gasteiger charge is 2.31. The van der Waals surface area contributed by atoms with Crippen LogP contribution in [0.1, 0.15) is 31.7 Å². The molecule has 2 N–H and O–H groups in total. The standard InChI is InChI=1S/C14H22N2O2S/c1-2-9-16(19(17,18)11-12-7-8-12)10-13-5-3-4-6-14(13)15/h3-6,12H,2,7-11,15H2,1H3. The molecule has 1 aliphatic rings. The van der Waals surface area contributed by atoms with Gasteiger partial charge in [-0.15, -0.1) is 0 Å². The number of anilines is 1. The van der Waals surface area contributed by atoms with Crippen LogP contribution in [-0.2, 0) is 16.6 Å². The molecule has 0 radical (unpaired) electrons. The van der Waals surface area contributed by atoms with Crippen LogP contribution in [0.2, 0.25) is 0 Å². The summed E-state index contributed by atoms with van der Waals surface area (Å²) >= 11 is 0. The summed E-state index contributed by atoms with van der Waals surface area (Å²) in [6.45, 7) is 2.94. The number of nitrogen functional groups attached to an aromatic ring is 1. The van der Waals surface area contributed by atoms with Crippen LogP contribution >= 0.6 is 0 Å². The van der Waals surface area contributed by atoms with Crippen molar-refractivity contribution < 1.29 is 8.42 Å². The maximum atomic E-state index is 12.4. The van der Waals surface area contributed by atoms with E-state index in [1.807, 2.05) is 31.2 Å². The summed E-state index contributed by atoms with van der Waals surface area (Å²) < 4.78 is 26.3. The van der Waals surface area contributed by atoms with Gasteiger partial charge in [0, 0.05) is 18.8 Å². The Bertz CT molecular complexity index is 524. The lowest BCUT2D eigenvalue weighted by molar-refractivity contribution is 0.405. The first-order chi connectivity index (χ1) is 9.03. The third kappa shape index (κ3) is 3.94. The second kappa shape index (κ2) is 5.92. The molecule has 0 unspecified atom stereocenters. The van der Waals surface area contributed by atoms with E-state index >= 15 is 0 Å². The number of nitrogens with two attached hydrogens (primary N) is 1. The van der Waals surface area contributed by atoms with E-state index in [-0.39, 0.29) is 0 Å². The SMILES string of the molecule is CCCN(Cc1ccccc1N)S(=O)(=O)CC1CC1. The average Bonchev–Trinajstić information content (AvgIpc) is 3.14. The normalized spacial score (nSPS) is 15.9. The zero-order valence-corrected chi connectivity index (χ0v) is 12.2. The summed E-state index contributed by atoms with van der Waals surface area (Å²) in [6.07, 6.45) is 2.91. The third-order valence-electron chi connectivity index (χ3n) is 3.41. The molecule has 1 aliphatic carbocycles. The van der Waals surface area contributed by atoms with Gasteiger partial charge in [-0.2, -0.15) is 4.31 Å². The largest absolute Gasteiger partial charge is 0.398 e. The van der Waals surface area contributed by atoms with E-state index in [1.165, 1.54) is 0 Å². The van der Waals surface area contributed by atoms with Gasteiger partial charge in [0.25, 0.3) is 0 Å². The molecule has 0 atom stereocenters. The van der Waals surface area contributed by atoms with Crippen LogP contribution in [0.25, 0.3) is 0 Å². The van der Waals surface area contributed by atoms with E-state index in [9.17, 15) is 8.42 Å². The number of hydrogen-bond acceptors (Lipinski definition) is 3. The van der Waals surface area contributed by atoms with Gasteiger partial charge in [0.15, 0.2) is 0 Å². The molecular formula is C14H22N2O2S. The maximum absolute atomic E-state index is 12.4. The zero-order valence-electron chi connectivity index (χ0n) is 11.4.